The maximum Gasteiger partial charge on any atom is 0.262 e. The molecule has 7 nitrogen and oxygen atoms in total. The Balaban J connectivity index is 1.40. The highest BCUT2D eigenvalue weighted by molar-refractivity contribution is 7.99. The van der Waals surface area contributed by atoms with Gasteiger partial charge < -0.3 is 15.0 Å². The molecule has 0 bridgehead atoms. The maximum atomic E-state index is 13.8. The molecule has 4 aromatic rings. The number of hydrogen-bond donors (Lipinski definition) is 1. The lowest BCUT2D eigenvalue weighted by atomic mass is 10.1. The Kier molecular flexibility index (Phi) is 8.41. The van der Waals surface area contributed by atoms with Crippen molar-refractivity contribution in [2.45, 2.75) is 31.5 Å². The highest BCUT2D eigenvalue weighted by atomic mass is 32.2. The smallest absolute Gasteiger partial charge is 0.262 e. The molecule has 0 saturated carbocycles. The lowest BCUT2D eigenvalue weighted by Gasteiger charge is -2.29. The van der Waals surface area contributed by atoms with Gasteiger partial charge in [0.25, 0.3) is 5.56 Å². The SMILES string of the molecule is CCc1ccc(NC(=O)CSc2nc3ccc(N4CCOCC4)cc3c(=O)n2CCc2ccccc2)cc1. The van der Waals surface area contributed by atoms with Crippen molar-refractivity contribution >= 4 is 39.9 Å². The molecule has 1 aromatic heterocycles. The first-order valence-electron chi connectivity index (χ1n) is 13.0. The van der Waals surface area contributed by atoms with Crippen LogP contribution in [-0.4, -0.2) is 47.5 Å². The van der Waals surface area contributed by atoms with E-state index in [4.69, 9.17) is 9.72 Å². The number of aromatic nitrogens is 2. The minimum atomic E-state index is -0.133. The molecule has 1 aliphatic rings. The standard InChI is InChI=1S/C30H32N4O3S/c1-2-22-8-10-24(11-9-22)31-28(35)21-38-30-32-27-13-12-25(33-16-18-37-19-17-33)20-26(27)29(36)34(30)15-14-23-6-4-3-5-7-23/h3-13,20H,2,14-19,21H2,1H3,(H,31,35). The fraction of sp³-hybridized carbons (Fsp3) is 0.300. The predicted molar refractivity (Wildman–Crippen MR) is 154 cm³/mol. The molecule has 1 fully saturated rings. The maximum absolute atomic E-state index is 13.8. The van der Waals surface area contributed by atoms with E-state index in [1.54, 1.807) is 4.57 Å². The molecule has 0 aliphatic carbocycles. The van der Waals surface area contributed by atoms with E-state index in [1.807, 2.05) is 60.7 Å². The number of nitrogens with one attached hydrogen (secondary N) is 1. The first kappa shape index (κ1) is 26.0. The Bertz CT molecular complexity index is 1450. The van der Waals surface area contributed by atoms with E-state index in [0.29, 0.717) is 42.2 Å². The van der Waals surface area contributed by atoms with Crippen LogP contribution in [0.1, 0.15) is 18.1 Å². The Morgan fingerprint density at radius 3 is 2.50 bits per heavy atom. The molecule has 0 atom stereocenters. The summed E-state index contributed by atoms with van der Waals surface area (Å²) in [6.07, 6.45) is 1.65. The number of thioether (sulfide) groups is 1. The van der Waals surface area contributed by atoms with E-state index in [1.165, 1.54) is 17.3 Å². The quantitative estimate of drug-likeness (QED) is 0.249. The molecule has 0 radical (unpaired) electrons. The van der Waals surface area contributed by atoms with Crippen LogP contribution in [0.3, 0.4) is 0 Å². The van der Waals surface area contributed by atoms with Crippen LogP contribution in [-0.2, 0) is 28.9 Å². The molecule has 196 valence electrons. The van der Waals surface area contributed by atoms with Crippen LogP contribution >= 0.6 is 11.8 Å². The van der Waals surface area contributed by atoms with Crippen molar-refractivity contribution in [3.8, 4) is 0 Å². The summed E-state index contributed by atoms with van der Waals surface area (Å²) >= 11 is 1.29. The highest BCUT2D eigenvalue weighted by Gasteiger charge is 2.17. The molecule has 1 aliphatic heterocycles. The number of ether oxygens (including phenoxy) is 1. The molecule has 1 N–H and O–H groups in total. The van der Waals surface area contributed by atoms with E-state index in [9.17, 15) is 9.59 Å². The van der Waals surface area contributed by atoms with Crippen molar-refractivity contribution in [3.05, 3.63) is 94.3 Å². The Hall–Kier alpha value is -3.62. The fourth-order valence-electron chi connectivity index (χ4n) is 4.55. The number of rotatable bonds is 9. The van der Waals surface area contributed by atoms with Gasteiger partial charge in [-0.2, -0.15) is 0 Å². The normalized spacial score (nSPS) is 13.6. The summed E-state index contributed by atoms with van der Waals surface area (Å²) in [6, 6.07) is 23.8. The van der Waals surface area contributed by atoms with Gasteiger partial charge in [-0.3, -0.25) is 14.2 Å². The number of benzene rings is 3. The van der Waals surface area contributed by atoms with E-state index in [0.717, 1.165) is 36.4 Å². The second-order valence-electron chi connectivity index (χ2n) is 9.27. The van der Waals surface area contributed by atoms with Crippen molar-refractivity contribution < 1.29 is 9.53 Å². The van der Waals surface area contributed by atoms with E-state index < -0.39 is 0 Å². The molecule has 5 rings (SSSR count). The molecule has 8 heteroatoms. The molecule has 38 heavy (non-hydrogen) atoms. The van der Waals surface area contributed by atoms with Gasteiger partial charge in [0.15, 0.2) is 5.16 Å². The Morgan fingerprint density at radius 1 is 1.00 bits per heavy atom. The third-order valence-electron chi connectivity index (χ3n) is 6.72. The van der Waals surface area contributed by atoms with Gasteiger partial charge in [0.2, 0.25) is 5.91 Å². The summed E-state index contributed by atoms with van der Waals surface area (Å²) in [7, 11) is 0. The van der Waals surface area contributed by atoms with Crippen molar-refractivity contribution in [3.63, 3.8) is 0 Å². The van der Waals surface area contributed by atoms with E-state index in [2.05, 4.69) is 29.3 Å². The Labute approximate surface area is 226 Å². The lowest BCUT2D eigenvalue weighted by molar-refractivity contribution is -0.113. The number of carbonyl (C=O) groups excluding carboxylic acids is 1. The largest absolute Gasteiger partial charge is 0.378 e. The molecule has 0 unspecified atom stereocenters. The number of anilines is 2. The number of nitrogens with zero attached hydrogens (tertiary/aromatic N) is 3. The highest BCUT2D eigenvalue weighted by Crippen LogP contribution is 2.24. The van der Waals surface area contributed by atoms with Crippen molar-refractivity contribution in [1.82, 2.24) is 9.55 Å². The van der Waals surface area contributed by atoms with Crippen LogP contribution in [0.2, 0.25) is 0 Å². The van der Waals surface area contributed by atoms with Crippen LogP contribution in [0.25, 0.3) is 10.9 Å². The number of aryl methyl sites for hydroxylation is 2. The summed E-state index contributed by atoms with van der Waals surface area (Å²) in [6.45, 7) is 5.53. The Morgan fingerprint density at radius 2 is 1.76 bits per heavy atom. The van der Waals surface area contributed by atoms with Crippen molar-refractivity contribution in [1.29, 1.82) is 0 Å². The van der Waals surface area contributed by atoms with Gasteiger partial charge in [0.05, 0.1) is 29.9 Å². The fourth-order valence-corrected chi connectivity index (χ4v) is 5.38. The second-order valence-corrected chi connectivity index (χ2v) is 10.2. The van der Waals surface area contributed by atoms with Crippen LogP contribution in [0.15, 0.2) is 82.7 Å². The monoisotopic (exact) mass is 528 g/mol. The van der Waals surface area contributed by atoms with Gasteiger partial charge in [0, 0.05) is 31.0 Å². The summed E-state index contributed by atoms with van der Waals surface area (Å²) in [5, 5.41) is 4.09. The van der Waals surface area contributed by atoms with E-state index in [-0.39, 0.29) is 17.2 Å². The number of hydrogen-bond acceptors (Lipinski definition) is 6. The number of morpholine rings is 1. The molecular formula is C30H32N4O3S. The number of fused-ring (bicyclic) bond motifs is 1. The molecule has 1 amide bonds. The topological polar surface area (TPSA) is 76.5 Å². The minimum absolute atomic E-state index is 0.0842. The molecule has 1 saturated heterocycles. The summed E-state index contributed by atoms with van der Waals surface area (Å²) in [5.41, 5.74) is 4.68. The zero-order chi connectivity index (χ0) is 26.3. The third kappa shape index (κ3) is 6.26. The lowest BCUT2D eigenvalue weighted by Crippen LogP contribution is -2.36. The first-order valence-corrected chi connectivity index (χ1v) is 14.0. The third-order valence-corrected chi connectivity index (χ3v) is 7.70. The van der Waals surface area contributed by atoms with Gasteiger partial charge in [-0.15, -0.1) is 0 Å². The summed E-state index contributed by atoms with van der Waals surface area (Å²) < 4.78 is 7.19. The summed E-state index contributed by atoms with van der Waals surface area (Å²) in [5.74, 6) is 0.0240. The number of amides is 1. The molecule has 3 aromatic carbocycles. The van der Waals surface area contributed by atoms with Crippen LogP contribution < -0.4 is 15.8 Å². The number of carbonyl (C=O) groups is 1. The molecular weight excluding hydrogens is 496 g/mol. The minimum Gasteiger partial charge on any atom is -0.378 e. The second kappa shape index (κ2) is 12.3. The van der Waals surface area contributed by atoms with Gasteiger partial charge >= 0.3 is 0 Å². The average Bonchev–Trinajstić information content (AvgIpc) is 2.97. The van der Waals surface area contributed by atoms with Crippen LogP contribution in [0, 0.1) is 0 Å². The summed E-state index contributed by atoms with van der Waals surface area (Å²) in [4.78, 5) is 33.6. The van der Waals surface area contributed by atoms with Gasteiger partial charge in [0.1, 0.15) is 0 Å². The van der Waals surface area contributed by atoms with Gasteiger partial charge in [-0.1, -0.05) is 61.2 Å². The van der Waals surface area contributed by atoms with Crippen molar-refractivity contribution in [2.75, 3.05) is 42.3 Å². The predicted octanol–water partition coefficient (Wildman–Crippen LogP) is 4.77. The average molecular weight is 529 g/mol. The first-order chi connectivity index (χ1) is 18.6. The van der Waals surface area contributed by atoms with Crippen LogP contribution in [0.4, 0.5) is 11.4 Å². The van der Waals surface area contributed by atoms with E-state index >= 15 is 0 Å². The zero-order valence-corrected chi connectivity index (χ0v) is 22.4. The van der Waals surface area contributed by atoms with Gasteiger partial charge in [-0.25, -0.2) is 4.98 Å². The van der Waals surface area contributed by atoms with Crippen molar-refractivity contribution in [2.24, 2.45) is 0 Å². The molecule has 2 heterocycles. The van der Waals surface area contributed by atoms with Crippen LogP contribution in [0.5, 0.6) is 0 Å². The zero-order valence-electron chi connectivity index (χ0n) is 21.6. The molecule has 0 spiro atoms. The van der Waals surface area contributed by atoms with Gasteiger partial charge in [-0.05, 0) is 54.3 Å².